The highest BCUT2D eigenvalue weighted by Gasteiger charge is 2.21. The number of hydrogen-bond donors (Lipinski definition) is 1. The Hall–Kier alpha value is -2.94. The number of carbonyl (C=O) groups is 1. The van der Waals surface area contributed by atoms with Gasteiger partial charge in [0.2, 0.25) is 15.9 Å². The zero-order chi connectivity index (χ0) is 20.7. The molecule has 0 saturated carbocycles. The van der Waals surface area contributed by atoms with E-state index in [1.807, 2.05) is 6.92 Å². The van der Waals surface area contributed by atoms with Crippen LogP contribution in [-0.2, 0) is 14.8 Å². The highest BCUT2D eigenvalue weighted by molar-refractivity contribution is 7.92. The Morgan fingerprint density at radius 1 is 1.04 bits per heavy atom. The van der Waals surface area contributed by atoms with Crippen molar-refractivity contribution in [2.24, 2.45) is 0 Å². The van der Waals surface area contributed by atoms with Crippen molar-refractivity contribution in [2.75, 3.05) is 43.2 Å². The molecule has 9 heteroatoms. The smallest absolute Gasteiger partial charge is 0.245 e. The van der Waals surface area contributed by atoms with Gasteiger partial charge >= 0.3 is 0 Å². The molecule has 1 N–H and O–H groups in total. The summed E-state index contributed by atoms with van der Waals surface area (Å²) in [6, 6.07) is 11.4. The molecule has 8 nitrogen and oxygen atoms in total. The van der Waals surface area contributed by atoms with E-state index in [4.69, 9.17) is 14.2 Å². The second-order valence-corrected chi connectivity index (χ2v) is 7.72. The highest BCUT2D eigenvalue weighted by atomic mass is 32.2. The second-order valence-electron chi connectivity index (χ2n) is 5.81. The van der Waals surface area contributed by atoms with Crippen molar-refractivity contribution in [3.63, 3.8) is 0 Å². The maximum Gasteiger partial charge on any atom is 0.245 e. The molecule has 2 aromatic rings. The molecule has 0 aliphatic heterocycles. The van der Waals surface area contributed by atoms with Crippen molar-refractivity contribution in [1.29, 1.82) is 0 Å². The number of hydrogen-bond acceptors (Lipinski definition) is 6. The summed E-state index contributed by atoms with van der Waals surface area (Å²) in [6.45, 7) is 1.97. The predicted molar refractivity (Wildman–Crippen MR) is 108 cm³/mol. The largest absolute Gasteiger partial charge is 0.497 e. The second kappa shape index (κ2) is 9.32. The lowest BCUT2D eigenvalue weighted by Crippen LogP contribution is -2.37. The van der Waals surface area contributed by atoms with Crippen molar-refractivity contribution < 1.29 is 27.4 Å². The van der Waals surface area contributed by atoms with E-state index in [2.05, 4.69) is 5.32 Å². The van der Waals surface area contributed by atoms with Crippen LogP contribution in [0.1, 0.15) is 6.92 Å². The molecule has 28 heavy (non-hydrogen) atoms. The van der Waals surface area contributed by atoms with Crippen molar-refractivity contribution in [3.05, 3.63) is 42.5 Å². The number of carbonyl (C=O) groups excluding carboxylic acids is 1. The lowest BCUT2D eigenvalue weighted by molar-refractivity contribution is -0.114. The molecule has 1 amide bonds. The molecule has 0 fully saturated rings. The number of nitrogens with zero attached hydrogens (tertiary/aromatic N) is 1. The average Bonchev–Trinajstić information content (AvgIpc) is 2.66. The van der Waals surface area contributed by atoms with Gasteiger partial charge in [0.15, 0.2) is 0 Å². The van der Waals surface area contributed by atoms with Gasteiger partial charge in [-0.15, -0.1) is 0 Å². The Bertz CT molecular complexity index is 913. The summed E-state index contributed by atoms with van der Waals surface area (Å²) in [4.78, 5) is 12.5. The molecule has 0 aliphatic rings. The molecule has 0 atom stereocenters. The summed E-state index contributed by atoms with van der Waals surface area (Å²) in [5.41, 5.74) is 0.774. The van der Waals surface area contributed by atoms with Crippen molar-refractivity contribution in [3.8, 4) is 17.2 Å². The van der Waals surface area contributed by atoms with Gasteiger partial charge in [-0.2, -0.15) is 0 Å². The molecule has 0 aromatic heterocycles. The number of sulfonamides is 1. The van der Waals surface area contributed by atoms with E-state index >= 15 is 0 Å². The lowest BCUT2D eigenvalue weighted by atomic mass is 10.2. The summed E-state index contributed by atoms with van der Waals surface area (Å²) in [5.74, 6) is 1.08. The monoisotopic (exact) mass is 408 g/mol. The first-order chi connectivity index (χ1) is 13.3. The van der Waals surface area contributed by atoms with Gasteiger partial charge in [-0.1, -0.05) is 0 Å². The van der Waals surface area contributed by atoms with E-state index < -0.39 is 15.9 Å². The van der Waals surface area contributed by atoms with Crippen molar-refractivity contribution >= 4 is 27.3 Å². The van der Waals surface area contributed by atoms with E-state index in [-0.39, 0.29) is 6.54 Å². The minimum atomic E-state index is -3.68. The van der Waals surface area contributed by atoms with Crippen LogP contribution in [0.15, 0.2) is 42.5 Å². The molecule has 2 rings (SSSR count). The normalized spacial score (nSPS) is 10.9. The standard InChI is InChI=1S/C19H24N2O6S/c1-5-27-15-8-6-14(7-9-15)21(28(4,23)24)13-19(22)20-17-11-10-16(25-2)12-18(17)26-3/h6-12H,5,13H2,1-4H3,(H,20,22). The zero-order valence-electron chi connectivity index (χ0n) is 16.3. The molecule has 0 heterocycles. The van der Waals surface area contributed by atoms with Crippen molar-refractivity contribution in [2.45, 2.75) is 6.92 Å². The number of benzene rings is 2. The van der Waals surface area contributed by atoms with Crippen LogP contribution in [-0.4, -0.2) is 48.0 Å². The van der Waals surface area contributed by atoms with Crippen LogP contribution in [0, 0.1) is 0 Å². The Labute approximate surface area is 165 Å². The zero-order valence-corrected chi connectivity index (χ0v) is 17.1. The first-order valence-corrected chi connectivity index (χ1v) is 10.4. The quantitative estimate of drug-likeness (QED) is 0.685. The van der Waals surface area contributed by atoms with Gasteiger partial charge in [-0.25, -0.2) is 8.42 Å². The summed E-state index contributed by atoms with van der Waals surface area (Å²) in [6.07, 6.45) is 1.05. The fourth-order valence-corrected chi connectivity index (χ4v) is 3.35. The molecular formula is C19H24N2O6S. The van der Waals surface area contributed by atoms with Crippen LogP contribution in [0.2, 0.25) is 0 Å². The minimum Gasteiger partial charge on any atom is -0.497 e. The van der Waals surface area contributed by atoms with Gasteiger partial charge in [0.05, 0.1) is 38.5 Å². The van der Waals surface area contributed by atoms with Gasteiger partial charge in [0.25, 0.3) is 0 Å². The molecular weight excluding hydrogens is 384 g/mol. The third kappa shape index (κ3) is 5.53. The molecule has 0 radical (unpaired) electrons. The maximum absolute atomic E-state index is 12.5. The van der Waals surface area contributed by atoms with Crippen LogP contribution in [0.4, 0.5) is 11.4 Å². The molecule has 0 saturated heterocycles. The summed E-state index contributed by atoms with van der Waals surface area (Å²) in [7, 11) is -0.689. The van der Waals surface area contributed by atoms with E-state index in [1.165, 1.54) is 14.2 Å². The van der Waals surface area contributed by atoms with Crippen LogP contribution >= 0.6 is 0 Å². The Kier molecular flexibility index (Phi) is 7.11. The van der Waals surface area contributed by atoms with E-state index in [9.17, 15) is 13.2 Å². The van der Waals surface area contributed by atoms with E-state index in [1.54, 1.807) is 42.5 Å². The van der Waals surface area contributed by atoms with E-state index in [0.29, 0.717) is 35.2 Å². The highest BCUT2D eigenvalue weighted by Crippen LogP contribution is 2.29. The van der Waals surface area contributed by atoms with Gasteiger partial charge in [-0.3, -0.25) is 9.10 Å². The molecule has 0 aliphatic carbocycles. The maximum atomic E-state index is 12.5. The van der Waals surface area contributed by atoms with Gasteiger partial charge in [0, 0.05) is 6.07 Å². The Morgan fingerprint density at radius 3 is 2.21 bits per heavy atom. The van der Waals surface area contributed by atoms with Gasteiger partial charge in [-0.05, 0) is 43.3 Å². The third-order valence-corrected chi connectivity index (χ3v) is 4.95. The fourth-order valence-electron chi connectivity index (χ4n) is 2.50. The van der Waals surface area contributed by atoms with Gasteiger partial charge in [0.1, 0.15) is 23.8 Å². The predicted octanol–water partition coefficient (Wildman–Crippen LogP) is 2.51. The minimum absolute atomic E-state index is 0.364. The molecule has 152 valence electrons. The van der Waals surface area contributed by atoms with Crippen LogP contribution < -0.4 is 23.8 Å². The first kappa shape index (κ1) is 21.4. The number of amides is 1. The van der Waals surface area contributed by atoms with Crippen LogP contribution in [0.5, 0.6) is 17.2 Å². The topological polar surface area (TPSA) is 94.2 Å². The number of rotatable bonds is 9. The average molecular weight is 408 g/mol. The molecule has 0 unspecified atom stereocenters. The summed E-state index contributed by atoms with van der Waals surface area (Å²) >= 11 is 0. The SMILES string of the molecule is CCOc1ccc(N(CC(=O)Nc2ccc(OC)cc2OC)S(C)(=O)=O)cc1. The molecule has 0 bridgehead atoms. The lowest BCUT2D eigenvalue weighted by Gasteiger charge is -2.22. The van der Waals surface area contributed by atoms with Crippen molar-refractivity contribution in [1.82, 2.24) is 0 Å². The first-order valence-electron chi connectivity index (χ1n) is 8.51. The number of methoxy groups -OCH3 is 2. The Morgan fingerprint density at radius 2 is 1.68 bits per heavy atom. The van der Waals surface area contributed by atoms with E-state index in [0.717, 1.165) is 10.6 Å². The van der Waals surface area contributed by atoms with Crippen LogP contribution in [0.3, 0.4) is 0 Å². The number of nitrogens with one attached hydrogen (secondary N) is 1. The number of anilines is 2. The molecule has 2 aromatic carbocycles. The summed E-state index contributed by atoms with van der Waals surface area (Å²) in [5, 5.41) is 2.67. The molecule has 0 spiro atoms. The van der Waals surface area contributed by atoms with Gasteiger partial charge < -0.3 is 19.5 Å². The Balaban J connectivity index is 2.20. The third-order valence-electron chi connectivity index (χ3n) is 3.81. The fraction of sp³-hybridized carbons (Fsp3) is 0.316. The summed E-state index contributed by atoms with van der Waals surface area (Å²) < 4.78 is 41.2. The van der Waals surface area contributed by atoms with Crippen LogP contribution in [0.25, 0.3) is 0 Å². The number of ether oxygens (including phenoxy) is 3.